The monoisotopic (exact) mass is 374 g/mol. The van der Waals surface area contributed by atoms with E-state index in [0.717, 1.165) is 13.0 Å². The fourth-order valence-electron chi connectivity index (χ4n) is 2.64. The summed E-state index contributed by atoms with van der Waals surface area (Å²) in [4.78, 5) is 15.7. The Morgan fingerprint density at radius 1 is 1.38 bits per heavy atom. The molecule has 0 atom stereocenters. The minimum Gasteiger partial charge on any atom is -0.494 e. The number of carbonyl (C=O) groups excluding carboxylic acids is 1. The van der Waals surface area contributed by atoms with Crippen molar-refractivity contribution in [1.82, 2.24) is 24.5 Å². The lowest BCUT2D eigenvalue weighted by Crippen LogP contribution is -2.14. The third-order valence-electron chi connectivity index (χ3n) is 3.77. The molecule has 0 saturated heterocycles. The number of amides is 1. The van der Waals surface area contributed by atoms with E-state index < -0.39 is 5.91 Å². The summed E-state index contributed by atoms with van der Waals surface area (Å²) < 4.78 is 8.92. The summed E-state index contributed by atoms with van der Waals surface area (Å²) in [6.45, 7) is 0.748. The summed E-state index contributed by atoms with van der Waals surface area (Å²) in [5, 5.41) is 9.17. The van der Waals surface area contributed by atoms with Gasteiger partial charge in [0.1, 0.15) is 17.3 Å². The molecule has 3 rings (SSSR count). The van der Waals surface area contributed by atoms with Crippen molar-refractivity contribution in [2.75, 3.05) is 7.11 Å². The number of hydrogen-bond donors (Lipinski definition) is 1. The Morgan fingerprint density at radius 3 is 2.92 bits per heavy atom. The number of carbonyl (C=O) groups is 1. The maximum Gasteiger partial charge on any atom is 0.225 e. The van der Waals surface area contributed by atoms with Gasteiger partial charge < -0.3 is 10.5 Å². The van der Waals surface area contributed by atoms with E-state index in [1.807, 2.05) is 16.9 Å². The molecular weight excluding hydrogens is 356 g/mol. The van der Waals surface area contributed by atoms with Gasteiger partial charge in [0.25, 0.3) is 0 Å². The van der Waals surface area contributed by atoms with Gasteiger partial charge in [-0.2, -0.15) is 10.2 Å². The molecule has 1 amide bonds. The highest BCUT2D eigenvalue weighted by Crippen LogP contribution is 2.27. The summed E-state index contributed by atoms with van der Waals surface area (Å²) in [6, 6.07) is 7.13. The van der Waals surface area contributed by atoms with E-state index in [1.165, 1.54) is 0 Å². The molecule has 0 bridgehead atoms. The Morgan fingerprint density at radius 2 is 2.23 bits per heavy atom. The van der Waals surface area contributed by atoms with Gasteiger partial charge in [-0.25, -0.2) is 9.67 Å². The van der Waals surface area contributed by atoms with Crippen LogP contribution >= 0.6 is 11.6 Å². The number of ether oxygens (including phenoxy) is 1. The molecule has 9 heteroatoms. The lowest BCUT2D eigenvalue weighted by atomic mass is 10.2. The Kier molecular flexibility index (Phi) is 5.52. The third kappa shape index (κ3) is 4.20. The molecule has 0 aliphatic carbocycles. The second-order valence-electron chi connectivity index (χ2n) is 5.69. The van der Waals surface area contributed by atoms with Crippen LogP contribution < -0.4 is 10.5 Å². The number of hydrogen-bond acceptors (Lipinski definition) is 5. The van der Waals surface area contributed by atoms with Crippen molar-refractivity contribution in [2.45, 2.75) is 25.8 Å². The Labute approximate surface area is 155 Å². The van der Waals surface area contributed by atoms with Gasteiger partial charge in [-0.15, -0.1) is 0 Å². The number of nitrogens with zero attached hydrogens (tertiary/aromatic N) is 5. The zero-order valence-corrected chi connectivity index (χ0v) is 15.1. The molecule has 0 radical (unpaired) electrons. The molecule has 0 saturated carbocycles. The minimum absolute atomic E-state index is 0.0258. The number of nitrogens with two attached hydrogens (primary N) is 1. The Balaban J connectivity index is 1.90. The van der Waals surface area contributed by atoms with Crippen molar-refractivity contribution in [1.29, 1.82) is 0 Å². The van der Waals surface area contributed by atoms with Gasteiger partial charge in [-0.1, -0.05) is 11.6 Å². The van der Waals surface area contributed by atoms with E-state index >= 15 is 0 Å². The number of aromatic nitrogens is 5. The van der Waals surface area contributed by atoms with Gasteiger partial charge in [0.15, 0.2) is 5.82 Å². The van der Waals surface area contributed by atoms with E-state index in [1.54, 1.807) is 36.2 Å². The van der Waals surface area contributed by atoms with Crippen LogP contribution in [0.25, 0.3) is 5.69 Å². The van der Waals surface area contributed by atoms with Crippen LogP contribution in [-0.4, -0.2) is 37.6 Å². The average molecular weight is 375 g/mol. The average Bonchev–Trinajstić information content (AvgIpc) is 3.24. The summed E-state index contributed by atoms with van der Waals surface area (Å²) in [7, 11) is 1.57. The maximum atomic E-state index is 11.2. The third-order valence-corrected chi connectivity index (χ3v) is 4.00. The molecule has 0 aliphatic rings. The molecule has 26 heavy (non-hydrogen) atoms. The molecule has 3 aromatic rings. The quantitative estimate of drug-likeness (QED) is 0.647. The number of halogens is 1. The SMILES string of the molecule is COc1ccc(Cl)cc1-n1nc(CC(N)=O)nc1CCCn1cccn1. The van der Waals surface area contributed by atoms with Crippen LogP contribution in [-0.2, 0) is 24.2 Å². The molecule has 1 aromatic carbocycles. The first-order valence-corrected chi connectivity index (χ1v) is 8.49. The van der Waals surface area contributed by atoms with Crippen molar-refractivity contribution in [3.8, 4) is 11.4 Å². The smallest absolute Gasteiger partial charge is 0.225 e. The van der Waals surface area contributed by atoms with Crippen molar-refractivity contribution in [3.05, 3.63) is 53.3 Å². The first-order valence-electron chi connectivity index (χ1n) is 8.11. The van der Waals surface area contributed by atoms with Gasteiger partial charge in [0.2, 0.25) is 5.91 Å². The van der Waals surface area contributed by atoms with Crippen LogP contribution in [0.3, 0.4) is 0 Å². The first-order chi connectivity index (χ1) is 12.6. The highest BCUT2D eigenvalue weighted by atomic mass is 35.5. The molecule has 0 unspecified atom stereocenters. The van der Waals surface area contributed by atoms with Crippen LogP contribution in [0.4, 0.5) is 0 Å². The van der Waals surface area contributed by atoms with Crippen LogP contribution in [0, 0.1) is 0 Å². The highest BCUT2D eigenvalue weighted by molar-refractivity contribution is 6.30. The maximum absolute atomic E-state index is 11.2. The summed E-state index contributed by atoms with van der Waals surface area (Å²) in [5.74, 6) is 1.20. The molecule has 136 valence electrons. The fourth-order valence-corrected chi connectivity index (χ4v) is 2.80. The van der Waals surface area contributed by atoms with E-state index in [9.17, 15) is 4.79 Å². The number of rotatable bonds is 8. The molecule has 2 N–H and O–H groups in total. The van der Waals surface area contributed by atoms with Crippen LogP contribution in [0.5, 0.6) is 5.75 Å². The second-order valence-corrected chi connectivity index (χ2v) is 6.12. The van der Waals surface area contributed by atoms with Crippen molar-refractivity contribution in [2.24, 2.45) is 5.73 Å². The van der Waals surface area contributed by atoms with Crippen molar-refractivity contribution in [3.63, 3.8) is 0 Å². The highest BCUT2D eigenvalue weighted by Gasteiger charge is 2.16. The zero-order chi connectivity index (χ0) is 18.5. The molecule has 2 aromatic heterocycles. The molecule has 0 aliphatic heterocycles. The normalized spacial score (nSPS) is 10.8. The number of benzene rings is 1. The number of methoxy groups -OCH3 is 1. The zero-order valence-electron chi connectivity index (χ0n) is 14.3. The second kappa shape index (κ2) is 8.01. The number of primary amides is 1. The predicted octanol–water partition coefficient (Wildman–Crippen LogP) is 1.79. The summed E-state index contributed by atoms with van der Waals surface area (Å²) >= 11 is 6.14. The topological polar surface area (TPSA) is 101 Å². The van der Waals surface area contributed by atoms with E-state index in [4.69, 9.17) is 22.1 Å². The van der Waals surface area contributed by atoms with Crippen LogP contribution in [0.2, 0.25) is 5.02 Å². The largest absolute Gasteiger partial charge is 0.494 e. The lowest BCUT2D eigenvalue weighted by molar-refractivity contribution is -0.117. The molecule has 0 spiro atoms. The standard InChI is InChI=1S/C17H19ClN6O2/c1-26-14-6-5-12(18)10-13(14)24-17(21-16(22-24)11-15(19)25)4-2-8-23-9-3-7-20-23/h3,5-7,9-10H,2,4,8,11H2,1H3,(H2,19,25). The summed E-state index contributed by atoms with van der Waals surface area (Å²) in [5.41, 5.74) is 5.95. The van der Waals surface area contributed by atoms with Gasteiger partial charge in [0, 0.05) is 30.4 Å². The number of aryl methyl sites for hydroxylation is 2. The van der Waals surface area contributed by atoms with Crippen LogP contribution in [0.15, 0.2) is 36.7 Å². The fraction of sp³-hybridized carbons (Fsp3) is 0.294. The molecular formula is C17H19ClN6O2. The molecule has 8 nitrogen and oxygen atoms in total. The van der Waals surface area contributed by atoms with E-state index in [2.05, 4.69) is 15.2 Å². The van der Waals surface area contributed by atoms with E-state index in [0.29, 0.717) is 34.5 Å². The molecule has 2 heterocycles. The predicted molar refractivity (Wildman–Crippen MR) is 96.4 cm³/mol. The van der Waals surface area contributed by atoms with Gasteiger partial charge in [-0.05, 0) is 30.7 Å². The van der Waals surface area contributed by atoms with Crippen molar-refractivity contribution >= 4 is 17.5 Å². The lowest BCUT2D eigenvalue weighted by Gasteiger charge is -2.11. The summed E-state index contributed by atoms with van der Waals surface area (Å²) in [6.07, 6.45) is 5.07. The van der Waals surface area contributed by atoms with Crippen LogP contribution in [0.1, 0.15) is 18.1 Å². The van der Waals surface area contributed by atoms with E-state index in [-0.39, 0.29) is 6.42 Å². The Hall–Kier alpha value is -2.87. The minimum atomic E-state index is -0.483. The Bertz CT molecular complexity index is 891. The van der Waals surface area contributed by atoms with Gasteiger partial charge in [0.05, 0.1) is 13.5 Å². The van der Waals surface area contributed by atoms with Crippen molar-refractivity contribution < 1.29 is 9.53 Å². The van der Waals surface area contributed by atoms with Gasteiger partial charge >= 0.3 is 0 Å². The first kappa shape index (κ1) is 17.9. The van der Waals surface area contributed by atoms with Gasteiger partial charge in [-0.3, -0.25) is 9.48 Å². The molecule has 0 fully saturated rings.